The van der Waals surface area contributed by atoms with Crippen LogP contribution in [0, 0.1) is 24.4 Å². The molecule has 1 fully saturated rings. The number of likely N-dealkylation sites (tertiary alicyclic amines) is 1. The van der Waals surface area contributed by atoms with E-state index in [-0.39, 0.29) is 24.8 Å². The van der Waals surface area contributed by atoms with Gasteiger partial charge in [-0.2, -0.15) is 19.6 Å². The van der Waals surface area contributed by atoms with E-state index in [2.05, 4.69) is 20.2 Å². The molecule has 2 aromatic heterocycles. The summed E-state index contributed by atoms with van der Waals surface area (Å²) < 4.78 is 48.8. The molecule has 1 saturated heterocycles. The number of ether oxygens (including phenoxy) is 1. The van der Waals surface area contributed by atoms with Crippen molar-refractivity contribution < 1.29 is 22.7 Å². The Balaban J connectivity index is 1.26. The molecule has 182 valence electrons. The minimum Gasteiger partial charge on any atom is -0.468 e. The lowest BCUT2D eigenvalue weighted by molar-refractivity contribution is 0.0230. The lowest BCUT2D eigenvalue weighted by atomic mass is 10.0. The second-order valence-corrected chi connectivity index (χ2v) is 8.35. The summed E-state index contributed by atoms with van der Waals surface area (Å²) in [5.74, 6) is -1.94. The quantitative estimate of drug-likeness (QED) is 0.607. The van der Waals surface area contributed by atoms with Gasteiger partial charge in [0.25, 0.3) is 5.88 Å². The van der Waals surface area contributed by atoms with Crippen LogP contribution in [-0.2, 0) is 7.05 Å². The highest BCUT2D eigenvalue weighted by Crippen LogP contribution is 2.32. The molecule has 0 bridgehead atoms. The number of aromatic nitrogens is 4. The van der Waals surface area contributed by atoms with Crippen LogP contribution in [0.4, 0.5) is 23.8 Å². The van der Waals surface area contributed by atoms with E-state index in [0.29, 0.717) is 29.1 Å². The molecular formula is C22H21F3N8O2. The molecule has 1 aromatic carbocycles. The van der Waals surface area contributed by atoms with Gasteiger partial charge < -0.3 is 15.4 Å². The van der Waals surface area contributed by atoms with Crippen LogP contribution in [0.2, 0.25) is 0 Å². The molecule has 3 aromatic rings. The number of hydrogen-bond acceptors (Lipinski definition) is 7. The number of hydrogen-bond donors (Lipinski definition) is 1. The summed E-state index contributed by atoms with van der Waals surface area (Å²) in [6, 6.07) is 2.06. The molecule has 10 nitrogen and oxygen atoms in total. The highest BCUT2D eigenvalue weighted by Gasteiger charge is 2.39. The first kappa shape index (κ1) is 22.6. The first-order valence-electron chi connectivity index (χ1n) is 10.8. The fourth-order valence-corrected chi connectivity index (χ4v) is 4.13. The smallest absolute Gasteiger partial charge is 0.341 e. The van der Waals surface area contributed by atoms with Crippen molar-refractivity contribution in [2.24, 2.45) is 12.1 Å². The number of rotatable bonds is 4. The zero-order valence-corrected chi connectivity index (χ0v) is 18.8. The summed E-state index contributed by atoms with van der Waals surface area (Å²) in [6.45, 7) is 2.07. The number of nitrogen functional groups attached to an aromatic ring is 1. The number of carbonyl (C=O) groups is 1. The minimum atomic E-state index is -0.747. The minimum absolute atomic E-state index is 0.158. The maximum Gasteiger partial charge on any atom is 0.341 e. The maximum atomic E-state index is 14.4. The van der Waals surface area contributed by atoms with Crippen molar-refractivity contribution in [2.45, 2.75) is 25.5 Å². The van der Waals surface area contributed by atoms with Crippen LogP contribution in [-0.4, -0.2) is 61.1 Å². The summed E-state index contributed by atoms with van der Waals surface area (Å²) in [7, 11) is 1.67. The zero-order valence-electron chi connectivity index (χ0n) is 18.8. The number of urea groups is 1. The van der Waals surface area contributed by atoms with Gasteiger partial charge in [-0.25, -0.2) is 23.6 Å². The Morgan fingerprint density at radius 2 is 1.89 bits per heavy atom. The number of hydrazone groups is 1. The third-order valence-corrected chi connectivity index (χ3v) is 5.94. The van der Waals surface area contributed by atoms with Crippen molar-refractivity contribution >= 4 is 18.1 Å². The second-order valence-electron chi connectivity index (χ2n) is 8.35. The Hall–Kier alpha value is -4.16. The van der Waals surface area contributed by atoms with Crippen molar-refractivity contribution in [1.29, 1.82) is 0 Å². The van der Waals surface area contributed by atoms with Crippen molar-refractivity contribution in [1.82, 2.24) is 29.7 Å². The topological polar surface area (TPSA) is 115 Å². The number of halogens is 3. The molecule has 2 aliphatic heterocycles. The van der Waals surface area contributed by atoms with E-state index in [1.807, 2.05) is 0 Å². The van der Waals surface area contributed by atoms with Gasteiger partial charge in [-0.15, -0.1) is 0 Å². The average Bonchev–Trinajstić information content (AvgIpc) is 3.35. The van der Waals surface area contributed by atoms with Crippen LogP contribution in [0.5, 0.6) is 5.88 Å². The standard InChI is InChI=1S/C22H21F3N8O2/c1-11-18(31(2)30-19(11)26)20-27-8-16(25)21(29-20)35-15-9-32(10-15)22(34)33-17(3-4-28-33)12-5-13(23)7-14(24)6-12/h4-8,15,17H,3,9-10H2,1-2H3,(H2,26,30)/t17-/m0/s1. The highest BCUT2D eigenvalue weighted by atomic mass is 19.1. The highest BCUT2D eigenvalue weighted by molar-refractivity contribution is 5.79. The van der Waals surface area contributed by atoms with Gasteiger partial charge in [0.05, 0.1) is 25.3 Å². The molecule has 2 N–H and O–H groups in total. The van der Waals surface area contributed by atoms with E-state index in [1.165, 1.54) is 32.9 Å². The van der Waals surface area contributed by atoms with Crippen LogP contribution < -0.4 is 10.5 Å². The van der Waals surface area contributed by atoms with Gasteiger partial charge in [-0.3, -0.25) is 4.68 Å². The summed E-state index contributed by atoms with van der Waals surface area (Å²) in [5, 5.41) is 9.37. The lowest BCUT2D eigenvalue weighted by Gasteiger charge is -2.40. The van der Waals surface area contributed by atoms with E-state index >= 15 is 0 Å². The second kappa shape index (κ2) is 8.56. The normalized spacial score (nSPS) is 17.7. The van der Waals surface area contributed by atoms with Gasteiger partial charge in [0, 0.05) is 31.3 Å². The summed E-state index contributed by atoms with van der Waals surface area (Å²) in [4.78, 5) is 22.6. The fraction of sp³-hybridized carbons (Fsp3) is 0.318. The molecular weight excluding hydrogens is 465 g/mol. The van der Waals surface area contributed by atoms with E-state index in [9.17, 15) is 18.0 Å². The number of nitrogens with two attached hydrogens (primary N) is 1. The number of aryl methyl sites for hydroxylation is 1. The molecule has 0 spiro atoms. The number of anilines is 1. The molecule has 4 heterocycles. The number of carbonyl (C=O) groups excluding carboxylic acids is 1. The largest absolute Gasteiger partial charge is 0.468 e. The van der Waals surface area contributed by atoms with Crippen LogP contribution in [0.25, 0.3) is 11.5 Å². The van der Waals surface area contributed by atoms with Crippen LogP contribution in [0.15, 0.2) is 29.5 Å². The molecule has 1 atom stereocenters. The van der Waals surface area contributed by atoms with Gasteiger partial charge in [0.1, 0.15) is 29.3 Å². The van der Waals surface area contributed by atoms with Crippen molar-refractivity contribution in [3.63, 3.8) is 0 Å². The third kappa shape index (κ3) is 4.13. The SMILES string of the molecule is Cc1c(N)nn(C)c1-c1ncc(F)c(OC2CN(C(=O)N3N=CC[C@H]3c3cc(F)cc(F)c3)C2)n1. The van der Waals surface area contributed by atoms with Gasteiger partial charge in [0.15, 0.2) is 5.82 Å². The number of amides is 2. The predicted octanol–water partition coefficient (Wildman–Crippen LogP) is 2.80. The molecule has 2 amide bonds. The number of nitrogens with zero attached hydrogens (tertiary/aromatic N) is 7. The molecule has 2 aliphatic rings. The first-order chi connectivity index (χ1) is 16.7. The van der Waals surface area contributed by atoms with Crippen molar-refractivity contribution in [3.8, 4) is 17.4 Å². The molecule has 35 heavy (non-hydrogen) atoms. The third-order valence-electron chi connectivity index (χ3n) is 5.94. The Morgan fingerprint density at radius 1 is 1.17 bits per heavy atom. The Labute approximate surface area is 197 Å². The molecule has 0 saturated carbocycles. The zero-order chi connectivity index (χ0) is 24.9. The summed E-state index contributed by atoms with van der Waals surface area (Å²) in [5.41, 5.74) is 7.33. The van der Waals surface area contributed by atoms with Gasteiger partial charge >= 0.3 is 6.03 Å². The van der Waals surface area contributed by atoms with Gasteiger partial charge in [-0.05, 0) is 24.6 Å². The lowest BCUT2D eigenvalue weighted by Crippen LogP contribution is -2.59. The van der Waals surface area contributed by atoms with Crippen LogP contribution in [0.3, 0.4) is 0 Å². The molecule has 0 unspecified atom stereocenters. The summed E-state index contributed by atoms with van der Waals surface area (Å²) in [6.07, 6.45) is 2.34. The van der Waals surface area contributed by atoms with Crippen LogP contribution >= 0.6 is 0 Å². The first-order valence-corrected chi connectivity index (χ1v) is 10.8. The molecule has 5 rings (SSSR count). The van der Waals surface area contributed by atoms with Gasteiger partial charge in [-0.1, -0.05) is 0 Å². The number of benzene rings is 1. The van der Waals surface area contributed by atoms with Crippen LogP contribution in [0.1, 0.15) is 23.6 Å². The van der Waals surface area contributed by atoms with Crippen molar-refractivity contribution in [3.05, 3.63) is 53.0 Å². The van der Waals surface area contributed by atoms with E-state index in [0.717, 1.165) is 12.3 Å². The van der Waals surface area contributed by atoms with Crippen molar-refractivity contribution in [2.75, 3.05) is 18.8 Å². The van der Waals surface area contributed by atoms with E-state index in [1.54, 1.807) is 14.0 Å². The fourth-order valence-electron chi connectivity index (χ4n) is 4.13. The maximum absolute atomic E-state index is 14.4. The summed E-state index contributed by atoms with van der Waals surface area (Å²) >= 11 is 0. The average molecular weight is 486 g/mol. The molecule has 13 heteroatoms. The Bertz CT molecular complexity index is 1320. The van der Waals surface area contributed by atoms with Gasteiger partial charge in [0.2, 0.25) is 5.82 Å². The monoisotopic (exact) mass is 486 g/mol. The predicted molar refractivity (Wildman–Crippen MR) is 119 cm³/mol. The van der Waals surface area contributed by atoms with E-state index in [4.69, 9.17) is 10.5 Å². The van der Waals surface area contributed by atoms with E-state index < -0.39 is 35.6 Å². The Kier molecular flexibility index (Phi) is 5.53. The molecule has 0 radical (unpaired) electrons. The molecule has 0 aliphatic carbocycles. The Morgan fingerprint density at radius 3 is 2.54 bits per heavy atom.